The predicted molar refractivity (Wildman–Crippen MR) is 81.8 cm³/mol. The summed E-state index contributed by atoms with van der Waals surface area (Å²) in [5, 5.41) is 16.3. The smallest absolute Gasteiger partial charge is 0.337 e. The molecule has 0 fully saturated rings. The first-order valence-corrected chi connectivity index (χ1v) is 6.86. The van der Waals surface area contributed by atoms with E-state index in [0.717, 1.165) is 3.57 Å². The van der Waals surface area contributed by atoms with Gasteiger partial charge in [0.25, 0.3) is 0 Å². The summed E-state index contributed by atoms with van der Waals surface area (Å²) >= 11 is 1.98. The normalized spacial score (nSPS) is 9.70. The summed E-state index contributed by atoms with van der Waals surface area (Å²) in [5.74, 6) is -1.45. The highest BCUT2D eigenvalue weighted by Crippen LogP contribution is 2.18. The summed E-state index contributed by atoms with van der Waals surface area (Å²) in [4.78, 5) is 33.8. The lowest BCUT2D eigenvalue weighted by molar-refractivity contribution is -0.119. The zero-order chi connectivity index (χ0) is 15.1. The molecule has 4 N–H and O–H groups in total. The number of carbonyl (C=O) groups is 3. The number of carbonyl (C=O) groups excluding carboxylic acids is 2. The number of carboxylic acids is 1. The van der Waals surface area contributed by atoms with E-state index in [1.54, 1.807) is 13.0 Å². The second-order valence-corrected chi connectivity index (χ2v) is 5.00. The van der Waals surface area contributed by atoms with Crippen LogP contribution in [0.2, 0.25) is 0 Å². The number of benzene rings is 1. The first-order valence-electron chi connectivity index (χ1n) is 5.78. The van der Waals surface area contributed by atoms with Crippen molar-refractivity contribution < 1.29 is 19.5 Å². The molecule has 1 aromatic carbocycles. The van der Waals surface area contributed by atoms with Gasteiger partial charge in [-0.25, -0.2) is 9.59 Å². The Morgan fingerprint density at radius 2 is 1.95 bits per heavy atom. The van der Waals surface area contributed by atoms with E-state index in [4.69, 9.17) is 5.11 Å². The molecule has 20 heavy (non-hydrogen) atoms. The van der Waals surface area contributed by atoms with Gasteiger partial charge in [-0.2, -0.15) is 0 Å². The fraction of sp³-hybridized carbons (Fsp3) is 0.250. The molecule has 0 atom stereocenters. The Labute approximate surface area is 129 Å². The van der Waals surface area contributed by atoms with E-state index in [1.165, 1.54) is 12.1 Å². The van der Waals surface area contributed by atoms with Crippen LogP contribution in [0, 0.1) is 3.57 Å². The third-order valence-electron chi connectivity index (χ3n) is 2.24. The van der Waals surface area contributed by atoms with Crippen molar-refractivity contribution in [1.82, 2.24) is 10.6 Å². The molecule has 0 saturated carbocycles. The highest BCUT2D eigenvalue weighted by atomic mass is 127. The largest absolute Gasteiger partial charge is 0.478 e. The third kappa shape index (κ3) is 5.03. The minimum Gasteiger partial charge on any atom is -0.478 e. The van der Waals surface area contributed by atoms with Gasteiger partial charge in [-0.3, -0.25) is 4.79 Å². The van der Waals surface area contributed by atoms with Crippen molar-refractivity contribution in [2.75, 3.05) is 18.4 Å². The number of amides is 3. The van der Waals surface area contributed by atoms with E-state index in [1.807, 2.05) is 22.6 Å². The number of likely N-dealkylation sites (N-methyl/N-ethyl adjacent to an activating group) is 1. The lowest BCUT2D eigenvalue weighted by Gasteiger charge is -2.10. The molecule has 0 bridgehead atoms. The van der Waals surface area contributed by atoms with Crippen molar-refractivity contribution >= 4 is 46.2 Å². The number of hydrogen-bond donors (Lipinski definition) is 4. The molecule has 3 amide bonds. The molecule has 108 valence electrons. The van der Waals surface area contributed by atoms with Gasteiger partial charge in [0.15, 0.2) is 0 Å². The molecule has 1 rings (SSSR count). The highest BCUT2D eigenvalue weighted by Gasteiger charge is 2.13. The van der Waals surface area contributed by atoms with Crippen molar-refractivity contribution in [1.29, 1.82) is 0 Å². The van der Waals surface area contributed by atoms with Gasteiger partial charge >= 0.3 is 12.0 Å². The summed E-state index contributed by atoms with van der Waals surface area (Å²) in [5.41, 5.74) is 0.163. The fourth-order valence-corrected chi connectivity index (χ4v) is 1.88. The van der Waals surface area contributed by atoms with Gasteiger partial charge in [0, 0.05) is 10.1 Å². The van der Waals surface area contributed by atoms with Crippen molar-refractivity contribution in [2.45, 2.75) is 6.92 Å². The van der Waals surface area contributed by atoms with Crippen LogP contribution in [-0.4, -0.2) is 36.1 Å². The van der Waals surface area contributed by atoms with Crippen LogP contribution >= 0.6 is 22.6 Å². The van der Waals surface area contributed by atoms with Crippen molar-refractivity contribution in [3.05, 3.63) is 27.3 Å². The van der Waals surface area contributed by atoms with E-state index in [2.05, 4.69) is 16.0 Å². The molecule has 0 aliphatic carbocycles. The van der Waals surface area contributed by atoms with Gasteiger partial charge in [0.2, 0.25) is 5.91 Å². The SMILES string of the molecule is CCNC(=O)CNC(=O)Nc1ccc(I)cc1C(=O)O. The van der Waals surface area contributed by atoms with Crippen molar-refractivity contribution in [2.24, 2.45) is 0 Å². The zero-order valence-electron chi connectivity index (χ0n) is 10.7. The number of aromatic carboxylic acids is 1. The van der Waals surface area contributed by atoms with Crippen molar-refractivity contribution in [3.8, 4) is 0 Å². The number of anilines is 1. The number of carboxylic acid groups (broad SMARTS) is 1. The molecule has 0 aromatic heterocycles. The van der Waals surface area contributed by atoms with E-state index in [9.17, 15) is 14.4 Å². The Morgan fingerprint density at radius 1 is 1.25 bits per heavy atom. The van der Waals surface area contributed by atoms with E-state index in [0.29, 0.717) is 6.54 Å². The molecule has 0 aliphatic heterocycles. The van der Waals surface area contributed by atoms with Gasteiger partial charge in [0.1, 0.15) is 0 Å². The second kappa shape index (κ2) is 7.68. The molecular weight excluding hydrogens is 377 g/mol. The minimum absolute atomic E-state index is 0.00920. The maximum Gasteiger partial charge on any atom is 0.337 e. The van der Waals surface area contributed by atoms with Crippen molar-refractivity contribution in [3.63, 3.8) is 0 Å². The Bertz CT molecular complexity index is 533. The topological polar surface area (TPSA) is 108 Å². The lowest BCUT2D eigenvalue weighted by atomic mass is 10.2. The Hall–Kier alpha value is -1.84. The zero-order valence-corrected chi connectivity index (χ0v) is 12.9. The highest BCUT2D eigenvalue weighted by molar-refractivity contribution is 14.1. The standard InChI is InChI=1S/C12H14IN3O4/c1-2-14-10(17)6-15-12(20)16-9-4-3-7(13)5-8(9)11(18)19/h3-5H,2,6H2,1H3,(H,14,17)(H,18,19)(H2,15,16,20). The van der Waals surface area contributed by atoms with Crippen LogP contribution in [-0.2, 0) is 4.79 Å². The molecule has 0 spiro atoms. The number of halogens is 1. The maximum atomic E-state index is 11.6. The molecule has 0 saturated heterocycles. The Morgan fingerprint density at radius 3 is 2.55 bits per heavy atom. The average molecular weight is 391 g/mol. The van der Waals surface area contributed by atoms with Gasteiger partial charge in [-0.05, 0) is 47.7 Å². The molecule has 0 radical (unpaired) electrons. The maximum absolute atomic E-state index is 11.6. The Balaban J connectivity index is 2.66. The quantitative estimate of drug-likeness (QED) is 0.567. The van der Waals surface area contributed by atoms with Crippen LogP contribution in [0.4, 0.5) is 10.5 Å². The van der Waals surface area contributed by atoms with Gasteiger partial charge in [0.05, 0.1) is 17.8 Å². The van der Waals surface area contributed by atoms with Crippen LogP contribution in [0.3, 0.4) is 0 Å². The summed E-state index contributed by atoms with van der Waals surface area (Å²) in [7, 11) is 0. The van der Waals surface area contributed by atoms with Gasteiger partial charge in [-0.15, -0.1) is 0 Å². The monoisotopic (exact) mass is 391 g/mol. The van der Waals surface area contributed by atoms with E-state index in [-0.39, 0.29) is 23.7 Å². The average Bonchev–Trinajstić information content (AvgIpc) is 2.38. The third-order valence-corrected chi connectivity index (χ3v) is 2.91. The van der Waals surface area contributed by atoms with Gasteiger partial charge < -0.3 is 21.1 Å². The molecule has 7 nitrogen and oxygen atoms in total. The number of hydrogen-bond acceptors (Lipinski definition) is 3. The van der Waals surface area contributed by atoms with Crippen LogP contribution in [0.25, 0.3) is 0 Å². The molecule has 0 aliphatic rings. The summed E-state index contributed by atoms with van der Waals surface area (Å²) in [6, 6.07) is 3.98. The van der Waals surface area contributed by atoms with Gasteiger partial charge in [-0.1, -0.05) is 0 Å². The van der Waals surface area contributed by atoms with Crippen LogP contribution in [0.15, 0.2) is 18.2 Å². The first-order chi connectivity index (χ1) is 9.43. The van der Waals surface area contributed by atoms with E-state index >= 15 is 0 Å². The van der Waals surface area contributed by atoms with Crippen LogP contribution in [0.5, 0.6) is 0 Å². The first kappa shape index (κ1) is 16.2. The molecular formula is C12H14IN3O4. The van der Waals surface area contributed by atoms with E-state index < -0.39 is 12.0 Å². The number of urea groups is 1. The molecule has 1 aromatic rings. The predicted octanol–water partition coefficient (Wildman–Crippen LogP) is 1.25. The second-order valence-electron chi connectivity index (χ2n) is 3.76. The minimum atomic E-state index is -1.14. The van der Waals surface area contributed by atoms with Crippen LogP contribution < -0.4 is 16.0 Å². The lowest BCUT2D eigenvalue weighted by Crippen LogP contribution is -2.39. The summed E-state index contributed by atoms with van der Waals surface area (Å²) < 4.78 is 0.744. The van der Waals surface area contributed by atoms with Crippen LogP contribution in [0.1, 0.15) is 17.3 Å². The summed E-state index contributed by atoms with van der Waals surface area (Å²) in [6.45, 7) is 2.07. The molecule has 0 unspecified atom stereocenters. The molecule has 8 heteroatoms. The number of nitrogens with one attached hydrogen (secondary N) is 3. The Kier molecular flexibility index (Phi) is 6.22. The fourth-order valence-electron chi connectivity index (χ4n) is 1.39. The molecule has 0 heterocycles. The number of rotatable bonds is 5. The summed E-state index contributed by atoms with van der Waals surface area (Å²) in [6.07, 6.45) is 0.